The fraction of sp³-hybridized carbons (Fsp3) is 0.385. The Kier molecular flexibility index (Phi) is 5.56. The molecular formula is C13H19NO. The number of benzene rings is 1. The third kappa shape index (κ3) is 4.66. The van der Waals surface area contributed by atoms with E-state index in [-0.39, 0.29) is 0 Å². The Morgan fingerprint density at radius 3 is 2.67 bits per heavy atom. The van der Waals surface area contributed by atoms with Crippen molar-refractivity contribution in [3.63, 3.8) is 0 Å². The molecule has 0 aliphatic heterocycles. The van der Waals surface area contributed by atoms with E-state index in [2.05, 4.69) is 24.0 Å². The Morgan fingerprint density at radius 1 is 1.33 bits per heavy atom. The third-order valence-corrected chi connectivity index (χ3v) is 2.09. The molecule has 0 aliphatic rings. The predicted octanol–water partition coefficient (Wildman–Crippen LogP) is 2.75. The van der Waals surface area contributed by atoms with Crippen LogP contribution in [0.4, 0.5) is 0 Å². The minimum atomic E-state index is 0.719. The lowest BCUT2D eigenvalue weighted by Gasteiger charge is -2.05. The lowest BCUT2D eigenvalue weighted by molar-refractivity contribution is 0.340. The second-order valence-electron chi connectivity index (χ2n) is 3.33. The molecule has 0 fully saturated rings. The van der Waals surface area contributed by atoms with E-state index in [1.54, 1.807) is 0 Å². The van der Waals surface area contributed by atoms with Crippen LogP contribution in [-0.4, -0.2) is 13.2 Å². The van der Waals surface area contributed by atoms with Gasteiger partial charge in [-0.3, -0.25) is 0 Å². The minimum Gasteiger partial charge on any atom is -0.494 e. The second kappa shape index (κ2) is 7.07. The molecule has 0 aromatic heterocycles. The SMILES string of the molecule is C=CCCNCc1ccc(OCC)cc1. The molecule has 0 spiro atoms. The van der Waals surface area contributed by atoms with Crippen LogP contribution in [0.25, 0.3) is 0 Å². The van der Waals surface area contributed by atoms with Gasteiger partial charge in [0.15, 0.2) is 0 Å². The van der Waals surface area contributed by atoms with Crippen molar-refractivity contribution in [2.75, 3.05) is 13.2 Å². The fourth-order valence-corrected chi connectivity index (χ4v) is 1.31. The highest BCUT2D eigenvalue weighted by molar-refractivity contribution is 5.27. The summed E-state index contributed by atoms with van der Waals surface area (Å²) in [6, 6.07) is 8.19. The molecule has 0 aliphatic carbocycles. The maximum atomic E-state index is 5.37. The summed E-state index contributed by atoms with van der Waals surface area (Å²) < 4.78 is 5.37. The van der Waals surface area contributed by atoms with Gasteiger partial charge < -0.3 is 10.1 Å². The van der Waals surface area contributed by atoms with Gasteiger partial charge in [-0.05, 0) is 37.6 Å². The molecule has 0 saturated carbocycles. The standard InChI is InChI=1S/C13H19NO/c1-3-5-10-14-11-12-6-8-13(9-7-12)15-4-2/h3,6-9,14H,1,4-5,10-11H2,2H3. The van der Waals surface area contributed by atoms with Crippen molar-refractivity contribution in [1.29, 1.82) is 0 Å². The van der Waals surface area contributed by atoms with Crippen LogP contribution in [0.5, 0.6) is 5.75 Å². The highest BCUT2D eigenvalue weighted by atomic mass is 16.5. The van der Waals surface area contributed by atoms with Gasteiger partial charge in [-0.15, -0.1) is 6.58 Å². The smallest absolute Gasteiger partial charge is 0.119 e. The molecule has 15 heavy (non-hydrogen) atoms. The van der Waals surface area contributed by atoms with Crippen LogP contribution in [-0.2, 0) is 6.54 Å². The zero-order chi connectivity index (χ0) is 10.9. The van der Waals surface area contributed by atoms with Crippen LogP contribution in [0, 0.1) is 0 Å². The van der Waals surface area contributed by atoms with E-state index in [0.717, 1.165) is 31.9 Å². The summed E-state index contributed by atoms with van der Waals surface area (Å²) in [6.45, 7) is 8.28. The molecule has 2 nitrogen and oxygen atoms in total. The average molecular weight is 205 g/mol. The normalized spacial score (nSPS) is 9.93. The highest BCUT2D eigenvalue weighted by Gasteiger charge is 1.94. The summed E-state index contributed by atoms with van der Waals surface area (Å²) in [7, 11) is 0. The quantitative estimate of drug-likeness (QED) is 0.546. The molecule has 0 heterocycles. The van der Waals surface area contributed by atoms with Gasteiger partial charge in [0.25, 0.3) is 0 Å². The zero-order valence-electron chi connectivity index (χ0n) is 9.33. The molecule has 0 unspecified atom stereocenters. The van der Waals surface area contributed by atoms with E-state index < -0.39 is 0 Å². The molecule has 1 aromatic carbocycles. The largest absolute Gasteiger partial charge is 0.494 e. The average Bonchev–Trinajstić information content (AvgIpc) is 2.27. The lowest BCUT2D eigenvalue weighted by atomic mass is 10.2. The molecule has 0 atom stereocenters. The maximum Gasteiger partial charge on any atom is 0.119 e. The molecule has 82 valence electrons. The van der Waals surface area contributed by atoms with Gasteiger partial charge in [0.05, 0.1) is 6.61 Å². The summed E-state index contributed by atoms with van der Waals surface area (Å²) in [5, 5.41) is 3.34. The first-order chi connectivity index (χ1) is 7.36. The Bertz CT molecular complexity index is 279. The molecule has 1 rings (SSSR count). The van der Waals surface area contributed by atoms with Crippen molar-refractivity contribution in [3.05, 3.63) is 42.5 Å². The molecule has 0 radical (unpaired) electrons. The zero-order valence-corrected chi connectivity index (χ0v) is 9.33. The van der Waals surface area contributed by atoms with Crippen molar-refractivity contribution in [2.45, 2.75) is 19.9 Å². The van der Waals surface area contributed by atoms with Crippen molar-refractivity contribution in [1.82, 2.24) is 5.32 Å². The monoisotopic (exact) mass is 205 g/mol. The van der Waals surface area contributed by atoms with Crippen molar-refractivity contribution in [3.8, 4) is 5.75 Å². The third-order valence-electron chi connectivity index (χ3n) is 2.09. The summed E-state index contributed by atoms with van der Waals surface area (Å²) in [5.74, 6) is 0.937. The van der Waals surface area contributed by atoms with Gasteiger partial charge in [-0.1, -0.05) is 18.2 Å². The van der Waals surface area contributed by atoms with E-state index in [1.165, 1.54) is 5.56 Å². The highest BCUT2D eigenvalue weighted by Crippen LogP contribution is 2.11. The molecule has 1 N–H and O–H groups in total. The van der Waals surface area contributed by atoms with Crippen molar-refractivity contribution < 1.29 is 4.74 Å². The Balaban J connectivity index is 2.32. The number of hydrogen-bond acceptors (Lipinski definition) is 2. The summed E-state index contributed by atoms with van der Waals surface area (Å²) in [5.41, 5.74) is 1.28. The molecular weight excluding hydrogens is 186 g/mol. The van der Waals surface area contributed by atoms with Crippen LogP contribution in [0.15, 0.2) is 36.9 Å². The maximum absolute atomic E-state index is 5.37. The van der Waals surface area contributed by atoms with Crippen LogP contribution < -0.4 is 10.1 Å². The first-order valence-corrected chi connectivity index (χ1v) is 5.40. The van der Waals surface area contributed by atoms with Gasteiger partial charge in [0.1, 0.15) is 5.75 Å². The van der Waals surface area contributed by atoms with Crippen LogP contribution >= 0.6 is 0 Å². The number of hydrogen-bond donors (Lipinski definition) is 1. The topological polar surface area (TPSA) is 21.3 Å². The first kappa shape index (κ1) is 11.8. The molecule has 1 aromatic rings. The van der Waals surface area contributed by atoms with Crippen molar-refractivity contribution >= 4 is 0 Å². The lowest BCUT2D eigenvalue weighted by Crippen LogP contribution is -2.13. The Labute approximate surface area is 92.0 Å². The Morgan fingerprint density at radius 2 is 2.07 bits per heavy atom. The second-order valence-corrected chi connectivity index (χ2v) is 3.33. The summed E-state index contributed by atoms with van der Waals surface area (Å²) in [4.78, 5) is 0. The fourth-order valence-electron chi connectivity index (χ4n) is 1.31. The number of nitrogens with one attached hydrogen (secondary N) is 1. The number of rotatable bonds is 7. The van der Waals surface area contributed by atoms with Crippen molar-refractivity contribution in [2.24, 2.45) is 0 Å². The predicted molar refractivity (Wildman–Crippen MR) is 64.1 cm³/mol. The molecule has 0 amide bonds. The molecule has 2 heteroatoms. The van der Waals surface area contributed by atoms with Gasteiger partial charge in [-0.25, -0.2) is 0 Å². The van der Waals surface area contributed by atoms with E-state index in [9.17, 15) is 0 Å². The van der Waals surface area contributed by atoms with Gasteiger partial charge >= 0.3 is 0 Å². The molecule has 0 saturated heterocycles. The van der Waals surface area contributed by atoms with Crippen LogP contribution in [0.1, 0.15) is 18.9 Å². The van der Waals surface area contributed by atoms with E-state index in [1.807, 2.05) is 25.1 Å². The van der Waals surface area contributed by atoms with Gasteiger partial charge in [0.2, 0.25) is 0 Å². The van der Waals surface area contributed by atoms with Crippen LogP contribution in [0.2, 0.25) is 0 Å². The van der Waals surface area contributed by atoms with Gasteiger partial charge in [-0.2, -0.15) is 0 Å². The number of ether oxygens (including phenoxy) is 1. The molecule has 0 bridgehead atoms. The van der Waals surface area contributed by atoms with E-state index in [0.29, 0.717) is 0 Å². The first-order valence-electron chi connectivity index (χ1n) is 5.40. The van der Waals surface area contributed by atoms with E-state index >= 15 is 0 Å². The summed E-state index contributed by atoms with van der Waals surface area (Å²) in [6.07, 6.45) is 2.93. The van der Waals surface area contributed by atoms with Crippen LogP contribution in [0.3, 0.4) is 0 Å². The minimum absolute atomic E-state index is 0.719. The van der Waals surface area contributed by atoms with E-state index in [4.69, 9.17) is 4.74 Å². The Hall–Kier alpha value is -1.28. The summed E-state index contributed by atoms with van der Waals surface area (Å²) >= 11 is 0. The van der Waals surface area contributed by atoms with Gasteiger partial charge in [0, 0.05) is 6.54 Å².